The molecule has 2 aliphatic rings. The molecule has 19 heavy (non-hydrogen) atoms. The molecule has 0 radical (unpaired) electrons. The molecule has 2 fully saturated rings. The maximum atomic E-state index is 11.3. The Hall–Kier alpha value is -1.63. The van der Waals surface area contributed by atoms with Gasteiger partial charge in [-0.05, 0) is 11.8 Å². The standard InChI is InChI=1S/C12H19N5O2/c1-6(2)9-11(17(18)19)12(16(3)15-9)14-10-7-4-13-5-8(7)10/h6-8,10,13-14H,4-5H2,1-3H3. The van der Waals surface area contributed by atoms with Gasteiger partial charge in [0.2, 0.25) is 5.82 Å². The lowest BCUT2D eigenvalue weighted by molar-refractivity contribution is -0.384. The summed E-state index contributed by atoms with van der Waals surface area (Å²) < 4.78 is 1.61. The molecule has 2 atom stereocenters. The molecule has 3 rings (SSSR count). The Morgan fingerprint density at radius 2 is 2.11 bits per heavy atom. The van der Waals surface area contributed by atoms with E-state index in [1.807, 2.05) is 13.8 Å². The average molecular weight is 265 g/mol. The highest BCUT2D eigenvalue weighted by Gasteiger charge is 2.54. The van der Waals surface area contributed by atoms with E-state index in [9.17, 15) is 10.1 Å². The summed E-state index contributed by atoms with van der Waals surface area (Å²) in [6.07, 6.45) is 0. The Morgan fingerprint density at radius 3 is 2.63 bits per heavy atom. The Balaban J connectivity index is 1.89. The zero-order valence-corrected chi connectivity index (χ0v) is 11.4. The monoisotopic (exact) mass is 265 g/mol. The van der Waals surface area contributed by atoms with Gasteiger partial charge in [-0.3, -0.25) is 10.1 Å². The molecule has 1 aromatic rings. The van der Waals surface area contributed by atoms with E-state index in [0.29, 0.717) is 29.4 Å². The summed E-state index contributed by atoms with van der Waals surface area (Å²) in [4.78, 5) is 11.0. The minimum absolute atomic E-state index is 0.0440. The molecule has 104 valence electrons. The smallest absolute Gasteiger partial charge is 0.334 e. The van der Waals surface area contributed by atoms with Crippen molar-refractivity contribution in [3.8, 4) is 0 Å². The lowest BCUT2D eigenvalue weighted by Gasteiger charge is -2.08. The van der Waals surface area contributed by atoms with Gasteiger partial charge in [-0.25, -0.2) is 4.68 Å². The summed E-state index contributed by atoms with van der Waals surface area (Å²) in [6, 6.07) is 0.357. The molecule has 1 saturated carbocycles. The first-order valence-corrected chi connectivity index (χ1v) is 6.69. The topological polar surface area (TPSA) is 85.0 Å². The first-order valence-electron chi connectivity index (χ1n) is 6.69. The van der Waals surface area contributed by atoms with Crippen molar-refractivity contribution in [2.24, 2.45) is 18.9 Å². The van der Waals surface area contributed by atoms with Crippen molar-refractivity contribution in [1.29, 1.82) is 0 Å². The van der Waals surface area contributed by atoms with Gasteiger partial charge in [-0.15, -0.1) is 0 Å². The molecule has 7 heteroatoms. The third-order valence-electron chi connectivity index (χ3n) is 4.17. The second-order valence-electron chi connectivity index (χ2n) is 5.77. The van der Waals surface area contributed by atoms with Gasteiger partial charge in [0.1, 0.15) is 5.69 Å². The van der Waals surface area contributed by atoms with E-state index in [1.165, 1.54) is 0 Å². The molecule has 1 saturated heterocycles. The molecule has 2 unspecified atom stereocenters. The highest BCUT2D eigenvalue weighted by molar-refractivity contribution is 5.62. The summed E-state index contributed by atoms with van der Waals surface area (Å²) in [5, 5.41) is 22.3. The van der Waals surface area contributed by atoms with Crippen LogP contribution in [-0.2, 0) is 7.05 Å². The molecule has 1 aromatic heterocycles. The largest absolute Gasteiger partial charge is 0.361 e. The molecule has 0 amide bonds. The molecule has 0 bridgehead atoms. The average Bonchev–Trinajstić information content (AvgIpc) is 2.73. The first-order chi connectivity index (χ1) is 9.00. The molecule has 0 spiro atoms. The second kappa shape index (κ2) is 4.19. The fraction of sp³-hybridized carbons (Fsp3) is 0.750. The summed E-state index contributed by atoms with van der Waals surface area (Å²) in [5.74, 6) is 1.81. The van der Waals surface area contributed by atoms with Crippen LogP contribution in [0.15, 0.2) is 0 Å². The highest BCUT2D eigenvalue weighted by atomic mass is 16.6. The Kier molecular flexibility index (Phi) is 2.74. The quantitative estimate of drug-likeness (QED) is 0.628. The van der Waals surface area contributed by atoms with E-state index >= 15 is 0 Å². The van der Waals surface area contributed by atoms with Crippen LogP contribution < -0.4 is 10.6 Å². The predicted octanol–water partition coefficient (Wildman–Crippen LogP) is 1.08. The van der Waals surface area contributed by atoms with Crippen molar-refractivity contribution in [3.63, 3.8) is 0 Å². The zero-order valence-electron chi connectivity index (χ0n) is 11.4. The number of hydrogen-bond donors (Lipinski definition) is 2. The van der Waals surface area contributed by atoms with Crippen LogP contribution >= 0.6 is 0 Å². The first kappa shape index (κ1) is 12.4. The van der Waals surface area contributed by atoms with Crippen LogP contribution in [0.25, 0.3) is 0 Å². The number of nitrogens with zero attached hydrogens (tertiary/aromatic N) is 3. The summed E-state index contributed by atoms with van der Waals surface area (Å²) in [5.41, 5.74) is 0.689. The number of nitro groups is 1. The maximum absolute atomic E-state index is 11.3. The van der Waals surface area contributed by atoms with E-state index in [-0.39, 0.29) is 16.5 Å². The summed E-state index contributed by atoms with van der Waals surface area (Å²) in [6.45, 7) is 5.86. The molecular weight excluding hydrogens is 246 g/mol. The third-order valence-corrected chi connectivity index (χ3v) is 4.17. The van der Waals surface area contributed by atoms with Gasteiger partial charge >= 0.3 is 5.69 Å². The van der Waals surface area contributed by atoms with Crippen molar-refractivity contribution in [2.45, 2.75) is 25.8 Å². The van der Waals surface area contributed by atoms with E-state index < -0.39 is 0 Å². The maximum Gasteiger partial charge on any atom is 0.334 e. The number of piperidine rings is 1. The van der Waals surface area contributed by atoms with Crippen LogP contribution in [0.2, 0.25) is 0 Å². The van der Waals surface area contributed by atoms with Gasteiger partial charge in [0.15, 0.2) is 0 Å². The van der Waals surface area contributed by atoms with Gasteiger partial charge in [-0.2, -0.15) is 5.10 Å². The predicted molar refractivity (Wildman–Crippen MR) is 71.2 cm³/mol. The zero-order chi connectivity index (χ0) is 13.7. The molecule has 2 heterocycles. The van der Waals surface area contributed by atoms with E-state index in [4.69, 9.17) is 0 Å². The van der Waals surface area contributed by atoms with Crippen LogP contribution in [0.1, 0.15) is 25.5 Å². The summed E-state index contributed by atoms with van der Waals surface area (Å²) in [7, 11) is 1.76. The van der Waals surface area contributed by atoms with Crippen LogP contribution in [0.5, 0.6) is 0 Å². The Bertz CT molecular complexity index is 514. The minimum Gasteiger partial charge on any atom is -0.361 e. The molecule has 1 aliphatic carbocycles. The number of anilines is 1. The van der Waals surface area contributed by atoms with E-state index in [2.05, 4.69) is 15.7 Å². The van der Waals surface area contributed by atoms with Crippen molar-refractivity contribution in [1.82, 2.24) is 15.1 Å². The number of aromatic nitrogens is 2. The summed E-state index contributed by atoms with van der Waals surface area (Å²) >= 11 is 0. The molecule has 2 N–H and O–H groups in total. The molecule has 0 aromatic carbocycles. The van der Waals surface area contributed by atoms with Crippen LogP contribution in [0.4, 0.5) is 11.5 Å². The fourth-order valence-corrected chi connectivity index (χ4v) is 3.05. The van der Waals surface area contributed by atoms with Gasteiger partial charge < -0.3 is 10.6 Å². The van der Waals surface area contributed by atoms with Gasteiger partial charge in [-0.1, -0.05) is 13.8 Å². The Labute approximate surface area is 111 Å². The molecule has 7 nitrogen and oxygen atoms in total. The number of rotatable bonds is 4. The number of fused-ring (bicyclic) bond motifs is 1. The van der Waals surface area contributed by atoms with E-state index in [1.54, 1.807) is 11.7 Å². The van der Waals surface area contributed by atoms with Gasteiger partial charge in [0.05, 0.1) is 4.92 Å². The second-order valence-corrected chi connectivity index (χ2v) is 5.77. The van der Waals surface area contributed by atoms with Crippen molar-refractivity contribution >= 4 is 11.5 Å². The van der Waals surface area contributed by atoms with Crippen molar-refractivity contribution < 1.29 is 4.92 Å². The number of hydrogen-bond acceptors (Lipinski definition) is 5. The van der Waals surface area contributed by atoms with Crippen LogP contribution in [0.3, 0.4) is 0 Å². The van der Waals surface area contributed by atoms with Crippen molar-refractivity contribution in [3.05, 3.63) is 15.8 Å². The van der Waals surface area contributed by atoms with Crippen molar-refractivity contribution in [2.75, 3.05) is 18.4 Å². The fourth-order valence-electron chi connectivity index (χ4n) is 3.05. The SMILES string of the molecule is CC(C)c1nn(C)c(NC2C3CNCC32)c1[N+](=O)[O-]. The molecular formula is C12H19N5O2. The number of aryl methyl sites for hydroxylation is 1. The normalized spacial score (nSPS) is 28.5. The van der Waals surface area contributed by atoms with Gasteiger partial charge in [0.25, 0.3) is 0 Å². The van der Waals surface area contributed by atoms with Gasteiger partial charge in [0, 0.05) is 32.1 Å². The number of nitrogens with one attached hydrogen (secondary N) is 2. The van der Waals surface area contributed by atoms with E-state index in [0.717, 1.165) is 13.1 Å². The lowest BCUT2D eigenvalue weighted by Crippen LogP contribution is -2.22. The van der Waals surface area contributed by atoms with Crippen LogP contribution in [-0.4, -0.2) is 33.8 Å². The third kappa shape index (κ3) is 1.88. The Morgan fingerprint density at radius 1 is 1.47 bits per heavy atom. The lowest BCUT2D eigenvalue weighted by atomic mass is 10.1. The highest BCUT2D eigenvalue weighted by Crippen LogP contribution is 2.45. The van der Waals surface area contributed by atoms with Crippen LogP contribution in [0, 0.1) is 22.0 Å². The molecule has 1 aliphatic heterocycles. The minimum atomic E-state index is -0.318.